The lowest BCUT2D eigenvalue weighted by atomic mass is 10.1. The van der Waals surface area contributed by atoms with Gasteiger partial charge in [-0.15, -0.1) is 0 Å². The van der Waals surface area contributed by atoms with Crippen LogP contribution in [-0.2, 0) is 0 Å². The van der Waals surface area contributed by atoms with E-state index in [1.807, 2.05) is 0 Å². The van der Waals surface area contributed by atoms with Gasteiger partial charge in [0, 0.05) is 29.3 Å². The lowest BCUT2D eigenvalue weighted by Gasteiger charge is -2.13. The summed E-state index contributed by atoms with van der Waals surface area (Å²) in [5.41, 5.74) is 0.284. The van der Waals surface area contributed by atoms with Crippen molar-refractivity contribution in [2.75, 3.05) is 6.54 Å². The van der Waals surface area contributed by atoms with E-state index >= 15 is 0 Å². The highest BCUT2D eigenvalue weighted by Gasteiger charge is 2.19. The minimum atomic E-state index is -1.21. The predicted molar refractivity (Wildman–Crippen MR) is 81.5 cm³/mol. The molecular formula is C16H15FN2O4. The van der Waals surface area contributed by atoms with Gasteiger partial charge in [0.05, 0.1) is 11.0 Å². The molecule has 0 saturated heterocycles. The smallest absolute Gasteiger partial charge is 0.273 e. The van der Waals surface area contributed by atoms with E-state index in [1.54, 1.807) is 6.07 Å². The third-order valence-electron chi connectivity index (χ3n) is 3.47. The topological polar surface area (TPSA) is 92.5 Å². The molecule has 0 bridgehead atoms. The first-order chi connectivity index (χ1) is 10.9. The maximum Gasteiger partial charge on any atom is 0.273 e. The first-order valence-electron chi connectivity index (χ1n) is 6.86. The van der Waals surface area contributed by atoms with Crippen LogP contribution >= 0.6 is 0 Å². The van der Waals surface area contributed by atoms with Crippen molar-refractivity contribution >= 4 is 11.6 Å². The minimum absolute atomic E-state index is 0.0727. The lowest BCUT2D eigenvalue weighted by Crippen LogP contribution is -2.29. The SMILES string of the molecule is Cc1c(C(=O)NCC(O)c2ccccc2F)cccc1[N+](=O)[O-]. The Labute approximate surface area is 131 Å². The van der Waals surface area contributed by atoms with Gasteiger partial charge >= 0.3 is 0 Å². The normalized spacial score (nSPS) is 11.8. The number of hydrogen-bond acceptors (Lipinski definition) is 4. The molecule has 2 N–H and O–H groups in total. The number of carbonyl (C=O) groups excluding carboxylic acids is 1. The third-order valence-corrected chi connectivity index (χ3v) is 3.47. The van der Waals surface area contributed by atoms with E-state index in [0.29, 0.717) is 0 Å². The number of benzene rings is 2. The summed E-state index contributed by atoms with van der Waals surface area (Å²) in [6.45, 7) is 1.27. The van der Waals surface area contributed by atoms with Crippen LogP contribution in [0.2, 0.25) is 0 Å². The van der Waals surface area contributed by atoms with Crippen LogP contribution in [0.25, 0.3) is 0 Å². The number of halogens is 1. The molecule has 0 spiro atoms. The van der Waals surface area contributed by atoms with Crippen molar-refractivity contribution in [2.24, 2.45) is 0 Å². The fraction of sp³-hybridized carbons (Fsp3) is 0.188. The van der Waals surface area contributed by atoms with E-state index in [0.717, 1.165) is 0 Å². The Bertz CT molecular complexity index is 749. The molecule has 0 heterocycles. The molecule has 0 fully saturated rings. The molecule has 2 aromatic carbocycles. The molecule has 7 heteroatoms. The molecule has 0 aliphatic carbocycles. The zero-order chi connectivity index (χ0) is 17.0. The van der Waals surface area contributed by atoms with Crippen LogP contribution in [0.1, 0.15) is 27.6 Å². The molecule has 0 radical (unpaired) electrons. The Kier molecular flexibility index (Phi) is 5.02. The summed E-state index contributed by atoms with van der Waals surface area (Å²) in [7, 11) is 0. The van der Waals surface area contributed by atoms with Gasteiger partial charge < -0.3 is 10.4 Å². The van der Waals surface area contributed by atoms with Crippen LogP contribution in [0.3, 0.4) is 0 Å². The van der Waals surface area contributed by atoms with Crippen molar-refractivity contribution in [1.29, 1.82) is 0 Å². The average molecular weight is 318 g/mol. The van der Waals surface area contributed by atoms with Gasteiger partial charge in [0.15, 0.2) is 0 Å². The third kappa shape index (κ3) is 3.70. The first kappa shape index (κ1) is 16.6. The second-order valence-electron chi connectivity index (χ2n) is 4.95. The largest absolute Gasteiger partial charge is 0.386 e. The molecule has 0 aliphatic rings. The van der Waals surface area contributed by atoms with Gasteiger partial charge in [0.1, 0.15) is 5.82 Å². The molecule has 2 aromatic rings. The molecule has 0 aliphatic heterocycles. The minimum Gasteiger partial charge on any atom is -0.386 e. The second-order valence-corrected chi connectivity index (χ2v) is 4.95. The number of aliphatic hydroxyl groups excluding tert-OH is 1. The Morgan fingerprint density at radius 1 is 1.30 bits per heavy atom. The highest BCUT2D eigenvalue weighted by atomic mass is 19.1. The maximum atomic E-state index is 13.5. The number of rotatable bonds is 5. The molecule has 23 heavy (non-hydrogen) atoms. The quantitative estimate of drug-likeness (QED) is 0.654. The number of nitro benzene ring substituents is 1. The van der Waals surface area contributed by atoms with Crippen molar-refractivity contribution in [2.45, 2.75) is 13.0 Å². The van der Waals surface area contributed by atoms with Gasteiger partial charge in [-0.1, -0.05) is 24.3 Å². The number of aliphatic hydroxyl groups is 1. The standard InChI is InChI=1S/C16H15FN2O4/c1-10-11(6-4-8-14(10)19(22)23)16(21)18-9-15(20)12-5-2-3-7-13(12)17/h2-8,15,20H,9H2,1H3,(H,18,21). The molecule has 2 rings (SSSR count). The van der Waals surface area contributed by atoms with E-state index in [9.17, 15) is 24.4 Å². The van der Waals surface area contributed by atoms with E-state index in [4.69, 9.17) is 0 Å². The fourth-order valence-corrected chi connectivity index (χ4v) is 2.21. The summed E-state index contributed by atoms with van der Waals surface area (Å²) >= 11 is 0. The molecule has 0 aromatic heterocycles. The van der Waals surface area contributed by atoms with Crippen LogP contribution < -0.4 is 5.32 Å². The molecule has 0 saturated carbocycles. The Morgan fingerprint density at radius 3 is 2.65 bits per heavy atom. The Hall–Kier alpha value is -2.80. The first-order valence-corrected chi connectivity index (χ1v) is 6.86. The molecule has 120 valence electrons. The number of nitro groups is 1. The molecule has 1 atom stereocenters. The molecule has 1 unspecified atom stereocenters. The van der Waals surface area contributed by atoms with Crippen LogP contribution in [-0.4, -0.2) is 22.5 Å². The van der Waals surface area contributed by atoms with E-state index in [-0.39, 0.29) is 28.9 Å². The van der Waals surface area contributed by atoms with Gasteiger partial charge in [0.25, 0.3) is 11.6 Å². The number of nitrogens with zero attached hydrogens (tertiary/aromatic N) is 1. The van der Waals surface area contributed by atoms with Crippen molar-refractivity contribution in [3.05, 3.63) is 75.1 Å². The van der Waals surface area contributed by atoms with Gasteiger partial charge in [-0.25, -0.2) is 4.39 Å². The van der Waals surface area contributed by atoms with Crippen molar-refractivity contribution in [3.63, 3.8) is 0 Å². The zero-order valence-corrected chi connectivity index (χ0v) is 12.3. The van der Waals surface area contributed by atoms with E-state index < -0.39 is 22.8 Å². The fourth-order valence-electron chi connectivity index (χ4n) is 2.21. The van der Waals surface area contributed by atoms with Crippen LogP contribution in [0.5, 0.6) is 0 Å². The number of hydrogen-bond donors (Lipinski definition) is 2. The Balaban J connectivity index is 2.10. The lowest BCUT2D eigenvalue weighted by molar-refractivity contribution is -0.385. The summed E-state index contributed by atoms with van der Waals surface area (Å²) in [6.07, 6.45) is -1.21. The van der Waals surface area contributed by atoms with E-state index in [2.05, 4.69) is 5.32 Å². The van der Waals surface area contributed by atoms with Crippen molar-refractivity contribution in [3.8, 4) is 0 Å². The van der Waals surface area contributed by atoms with Gasteiger partial charge in [-0.3, -0.25) is 14.9 Å². The van der Waals surface area contributed by atoms with Crippen molar-refractivity contribution in [1.82, 2.24) is 5.32 Å². The predicted octanol–water partition coefficient (Wildman–Crippen LogP) is 2.51. The van der Waals surface area contributed by atoms with Crippen LogP contribution in [0.15, 0.2) is 42.5 Å². The molecule has 1 amide bonds. The summed E-state index contributed by atoms with van der Waals surface area (Å²) < 4.78 is 13.5. The highest BCUT2D eigenvalue weighted by molar-refractivity contribution is 5.96. The number of carbonyl (C=O) groups is 1. The van der Waals surface area contributed by atoms with Gasteiger partial charge in [-0.05, 0) is 19.1 Å². The summed E-state index contributed by atoms with van der Waals surface area (Å²) in [4.78, 5) is 22.4. The van der Waals surface area contributed by atoms with E-state index in [1.165, 1.54) is 43.3 Å². The number of amides is 1. The monoisotopic (exact) mass is 318 g/mol. The van der Waals surface area contributed by atoms with Crippen molar-refractivity contribution < 1.29 is 19.2 Å². The molecule has 6 nitrogen and oxygen atoms in total. The zero-order valence-electron chi connectivity index (χ0n) is 12.3. The number of nitrogens with one attached hydrogen (secondary N) is 1. The van der Waals surface area contributed by atoms with Crippen LogP contribution in [0.4, 0.5) is 10.1 Å². The average Bonchev–Trinajstić information content (AvgIpc) is 2.52. The van der Waals surface area contributed by atoms with Gasteiger partial charge in [-0.2, -0.15) is 0 Å². The van der Waals surface area contributed by atoms with Gasteiger partial charge in [0.2, 0.25) is 0 Å². The van der Waals surface area contributed by atoms with Crippen LogP contribution in [0, 0.1) is 22.9 Å². The second kappa shape index (κ2) is 6.97. The highest BCUT2D eigenvalue weighted by Crippen LogP contribution is 2.21. The maximum absolute atomic E-state index is 13.5. The molecular weight excluding hydrogens is 303 g/mol. The Morgan fingerprint density at radius 2 is 2.00 bits per heavy atom. The summed E-state index contributed by atoms with van der Waals surface area (Å²) in [6, 6.07) is 9.88. The summed E-state index contributed by atoms with van der Waals surface area (Å²) in [5.74, 6) is -1.14. The summed E-state index contributed by atoms with van der Waals surface area (Å²) in [5, 5.41) is 23.3.